The molecule has 23 heavy (non-hydrogen) atoms. The number of rotatable bonds is 6. The maximum atomic E-state index is 12.3. The van der Waals surface area contributed by atoms with Gasteiger partial charge in [0.05, 0.1) is 0 Å². The van der Waals surface area contributed by atoms with Crippen molar-refractivity contribution in [3.05, 3.63) is 24.8 Å². The molecule has 0 saturated heterocycles. The lowest BCUT2D eigenvalue weighted by Gasteiger charge is -2.60. The normalized spacial score (nSPS) is 37.3. The first-order valence-corrected chi connectivity index (χ1v) is 8.60. The Hall–Kier alpha value is -1.58. The van der Waals surface area contributed by atoms with Gasteiger partial charge in [0, 0.05) is 12.0 Å². The van der Waals surface area contributed by atoms with Crippen LogP contribution in [0.25, 0.3) is 0 Å². The van der Waals surface area contributed by atoms with Gasteiger partial charge >= 0.3 is 11.9 Å². The minimum atomic E-state index is -0.551. The average molecular weight is 318 g/mol. The number of esters is 2. The molecule has 126 valence electrons. The van der Waals surface area contributed by atoms with E-state index in [1.54, 1.807) is 6.92 Å². The van der Waals surface area contributed by atoms with Crippen LogP contribution < -0.4 is 0 Å². The molecule has 0 N–H and O–H groups in total. The largest absolute Gasteiger partial charge is 0.456 e. The van der Waals surface area contributed by atoms with Crippen LogP contribution in [0, 0.1) is 23.7 Å². The highest BCUT2D eigenvalue weighted by molar-refractivity contribution is 5.88. The van der Waals surface area contributed by atoms with E-state index in [9.17, 15) is 9.59 Å². The van der Waals surface area contributed by atoms with Crippen molar-refractivity contribution in [2.45, 2.75) is 51.0 Å². The van der Waals surface area contributed by atoms with Crippen LogP contribution in [-0.4, -0.2) is 24.1 Å². The van der Waals surface area contributed by atoms with E-state index in [4.69, 9.17) is 9.47 Å². The van der Waals surface area contributed by atoms with Crippen LogP contribution >= 0.6 is 0 Å². The van der Waals surface area contributed by atoms with Gasteiger partial charge in [-0.3, -0.25) is 0 Å². The summed E-state index contributed by atoms with van der Waals surface area (Å²) in [7, 11) is 0. The Labute approximate surface area is 137 Å². The number of hydrogen-bond donors (Lipinski definition) is 0. The van der Waals surface area contributed by atoms with Crippen molar-refractivity contribution < 1.29 is 19.1 Å². The van der Waals surface area contributed by atoms with Gasteiger partial charge in [-0.15, -0.1) is 6.58 Å². The highest BCUT2D eigenvalue weighted by Gasteiger charge is 2.58. The van der Waals surface area contributed by atoms with Crippen LogP contribution in [0.15, 0.2) is 24.8 Å². The lowest BCUT2D eigenvalue weighted by Crippen LogP contribution is -2.59. The summed E-state index contributed by atoms with van der Waals surface area (Å²) < 4.78 is 10.9. The molecule has 4 aliphatic carbocycles. The molecule has 0 aromatic rings. The third-order valence-corrected chi connectivity index (χ3v) is 5.96. The number of carbonyl (C=O) groups excluding carboxylic acids is 2. The average Bonchev–Trinajstić information content (AvgIpc) is 2.49. The van der Waals surface area contributed by atoms with E-state index in [1.165, 1.54) is 6.42 Å². The van der Waals surface area contributed by atoms with Crippen LogP contribution in [0.2, 0.25) is 0 Å². The molecule has 0 unspecified atom stereocenters. The predicted octanol–water partition coefficient (Wildman–Crippen LogP) is 3.42. The molecule has 4 saturated carbocycles. The van der Waals surface area contributed by atoms with Crippen molar-refractivity contribution in [3.8, 4) is 0 Å². The van der Waals surface area contributed by atoms with Crippen molar-refractivity contribution in [3.63, 3.8) is 0 Å². The lowest BCUT2D eigenvalue weighted by molar-refractivity contribution is -0.212. The standard InChI is InChI=1S/C19H26O4/c1-4-5-19(23-17(20)11-22-18(21)12(2)3)15-7-13-6-14(9-15)10-16(19)8-13/h4,13-16H,1-2,5-11H2,3H3. The lowest BCUT2D eigenvalue weighted by atomic mass is 9.49. The third kappa shape index (κ3) is 2.96. The summed E-state index contributed by atoms with van der Waals surface area (Å²) in [4.78, 5) is 23.7. The van der Waals surface area contributed by atoms with Crippen molar-refractivity contribution in [1.29, 1.82) is 0 Å². The Balaban J connectivity index is 1.69. The summed E-state index contributed by atoms with van der Waals surface area (Å²) in [5.41, 5.74) is -0.143. The molecule has 4 aliphatic rings. The second-order valence-corrected chi connectivity index (χ2v) is 7.58. The zero-order chi connectivity index (χ0) is 16.6. The van der Waals surface area contributed by atoms with Gasteiger partial charge in [-0.05, 0) is 62.7 Å². The van der Waals surface area contributed by atoms with Gasteiger partial charge in [0.1, 0.15) is 5.60 Å². The van der Waals surface area contributed by atoms with Crippen LogP contribution in [0.3, 0.4) is 0 Å². The number of hydrogen-bond acceptors (Lipinski definition) is 4. The first-order chi connectivity index (χ1) is 10.9. The second kappa shape index (κ2) is 6.14. The fraction of sp³-hybridized carbons (Fsp3) is 0.684. The zero-order valence-corrected chi connectivity index (χ0v) is 13.9. The molecular weight excluding hydrogens is 292 g/mol. The van der Waals surface area contributed by atoms with Gasteiger partial charge in [0.15, 0.2) is 6.61 Å². The summed E-state index contributed by atoms with van der Waals surface area (Å²) in [6.45, 7) is 8.61. The molecule has 0 aromatic heterocycles. The van der Waals surface area contributed by atoms with Gasteiger partial charge in [-0.25, -0.2) is 9.59 Å². The molecule has 4 bridgehead atoms. The van der Waals surface area contributed by atoms with Crippen molar-refractivity contribution >= 4 is 11.9 Å². The Morgan fingerprint density at radius 2 is 1.70 bits per heavy atom. The first-order valence-electron chi connectivity index (χ1n) is 8.60. The fourth-order valence-electron chi connectivity index (χ4n) is 5.24. The van der Waals surface area contributed by atoms with Crippen LogP contribution in [-0.2, 0) is 19.1 Å². The Morgan fingerprint density at radius 3 is 2.17 bits per heavy atom. The maximum absolute atomic E-state index is 12.3. The van der Waals surface area contributed by atoms with Gasteiger partial charge < -0.3 is 9.47 Å². The quantitative estimate of drug-likeness (QED) is 0.428. The summed E-state index contributed by atoms with van der Waals surface area (Å²) in [5.74, 6) is 1.46. The van der Waals surface area contributed by atoms with E-state index in [1.807, 2.05) is 6.08 Å². The van der Waals surface area contributed by atoms with Crippen molar-refractivity contribution in [2.75, 3.05) is 6.61 Å². The summed E-state index contributed by atoms with van der Waals surface area (Å²) in [6, 6.07) is 0. The van der Waals surface area contributed by atoms with Gasteiger partial charge in [0.25, 0.3) is 0 Å². The van der Waals surface area contributed by atoms with Gasteiger partial charge in [0.2, 0.25) is 0 Å². The fourth-order valence-corrected chi connectivity index (χ4v) is 5.24. The molecule has 4 fully saturated rings. The molecule has 0 heterocycles. The molecule has 4 nitrogen and oxygen atoms in total. The van der Waals surface area contributed by atoms with Crippen LogP contribution in [0.1, 0.15) is 45.4 Å². The molecule has 0 radical (unpaired) electrons. The van der Waals surface area contributed by atoms with Crippen LogP contribution in [0.5, 0.6) is 0 Å². The number of ether oxygens (including phenoxy) is 2. The van der Waals surface area contributed by atoms with Crippen LogP contribution in [0.4, 0.5) is 0 Å². The zero-order valence-electron chi connectivity index (χ0n) is 13.9. The molecular formula is C19H26O4. The molecule has 0 aliphatic heterocycles. The monoisotopic (exact) mass is 318 g/mol. The minimum Gasteiger partial charge on any atom is -0.456 e. The molecule has 4 rings (SSSR count). The highest BCUT2D eigenvalue weighted by Crippen LogP contribution is 2.60. The first kappa shape index (κ1) is 16.3. The Kier molecular flexibility index (Phi) is 4.35. The van der Waals surface area contributed by atoms with E-state index >= 15 is 0 Å². The maximum Gasteiger partial charge on any atom is 0.344 e. The van der Waals surface area contributed by atoms with E-state index in [2.05, 4.69) is 13.2 Å². The Morgan fingerprint density at radius 1 is 1.13 bits per heavy atom. The molecule has 0 spiro atoms. The van der Waals surface area contributed by atoms with E-state index in [-0.39, 0.29) is 12.2 Å². The predicted molar refractivity (Wildman–Crippen MR) is 86.5 cm³/mol. The SMILES string of the molecule is C=CCC1(OC(=O)COC(=O)C(=C)C)C2CC3CC(C2)CC1C3. The molecule has 0 amide bonds. The topological polar surface area (TPSA) is 52.6 Å². The van der Waals surface area contributed by atoms with Gasteiger partial charge in [-0.2, -0.15) is 0 Å². The molecule has 0 aromatic carbocycles. The second-order valence-electron chi connectivity index (χ2n) is 7.58. The molecule has 0 atom stereocenters. The smallest absolute Gasteiger partial charge is 0.344 e. The van der Waals surface area contributed by atoms with Crippen molar-refractivity contribution in [1.82, 2.24) is 0 Å². The summed E-state index contributed by atoms with van der Waals surface area (Å²) >= 11 is 0. The van der Waals surface area contributed by atoms with E-state index < -0.39 is 17.5 Å². The minimum absolute atomic E-state index is 0.285. The van der Waals surface area contributed by atoms with Gasteiger partial charge in [-0.1, -0.05) is 12.7 Å². The highest BCUT2D eigenvalue weighted by atomic mass is 16.6. The Bertz CT molecular complexity index is 505. The summed E-state index contributed by atoms with van der Waals surface area (Å²) in [5, 5.41) is 0. The summed E-state index contributed by atoms with van der Waals surface area (Å²) in [6.07, 6.45) is 8.53. The molecule has 4 heteroatoms. The van der Waals surface area contributed by atoms with E-state index in [0.717, 1.165) is 37.5 Å². The van der Waals surface area contributed by atoms with E-state index in [0.29, 0.717) is 18.3 Å². The van der Waals surface area contributed by atoms with Crippen molar-refractivity contribution in [2.24, 2.45) is 23.7 Å². The third-order valence-electron chi connectivity index (χ3n) is 5.96. The number of carbonyl (C=O) groups is 2.